The zero-order valence-corrected chi connectivity index (χ0v) is 19.6. The van der Waals surface area contributed by atoms with Gasteiger partial charge in [0.25, 0.3) is 0 Å². The number of hydrogen-bond acceptors (Lipinski definition) is 5. The Morgan fingerprint density at radius 1 is 0.788 bits per heavy atom. The van der Waals surface area contributed by atoms with Crippen LogP contribution in [0.25, 0.3) is 10.9 Å². The Labute approximate surface area is 201 Å². The van der Waals surface area contributed by atoms with Crippen molar-refractivity contribution in [2.24, 2.45) is 0 Å². The third-order valence-electron chi connectivity index (χ3n) is 5.14. The summed E-state index contributed by atoms with van der Waals surface area (Å²) in [4.78, 5) is 16.9. The van der Waals surface area contributed by atoms with Crippen molar-refractivity contribution in [2.75, 3.05) is 14.2 Å². The van der Waals surface area contributed by atoms with E-state index in [0.29, 0.717) is 45.9 Å². The topological polar surface area (TPSA) is 57.7 Å². The fraction of sp³-hybridized carbons (Fsp3) is 0.154. The van der Waals surface area contributed by atoms with E-state index in [4.69, 9.17) is 37.4 Å². The number of carbonyl (C=O) groups excluding carboxylic acids is 1. The number of carbonyl (C=O) groups is 1. The maximum Gasteiger partial charge on any atom is 0.162 e. The smallest absolute Gasteiger partial charge is 0.162 e. The molecule has 4 rings (SSSR count). The summed E-state index contributed by atoms with van der Waals surface area (Å²) in [6, 6.07) is 18.1. The van der Waals surface area contributed by atoms with E-state index in [1.54, 1.807) is 38.6 Å². The predicted octanol–water partition coefficient (Wildman–Crippen LogP) is 6.71. The molecule has 4 aromatic rings. The average Bonchev–Trinajstić information content (AvgIpc) is 2.82. The van der Waals surface area contributed by atoms with Gasteiger partial charge in [-0.15, -0.1) is 0 Å². The van der Waals surface area contributed by atoms with Crippen LogP contribution >= 0.6 is 23.2 Å². The second kappa shape index (κ2) is 10.1. The van der Waals surface area contributed by atoms with Crippen molar-refractivity contribution in [1.82, 2.24) is 4.98 Å². The molecule has 0 unspecified atom stereocenters. The van der Waals surface area contributed by atoms with Gasteiger partial charge in [0.1, 0.15) is 17.3 Å². The molecule has 0 fully saturated rings. The van der Waals surface area contributed by atoms with Crippen LogP contribution in [0.2, 0.25) is 10.0 Å². The molecular weight excluding hydrogens is 461 g/mol. The Morgan fingerprint density at radius 2 is 1.45 bits per heavy atom. The number of ether oxygens (including phenoxy) is 3. The highest BCUT2D eigenvalue weighted by Gasteiger charge is 2.12. The molecule has 33 heavy (non-hydrogen) atoms. The molecule has 7 heteroatoms. The zero-order chi connectivity index (χ0) is 23.4. The van der Waals surface area contributed by atoms with Gasteiger partial charge in [-0.05, 0) is 47.5 Å². The Hall–Kier alpha value is -3.28. The van der Waals surface area contributed by atoms with E-state index in [1.165, 1.54) is 0 Å². The van der Waals surface area contributed by atoms with Crippen molar-refractivity contribution in [3.8, 4) is 23.0 Å². The molecule has 168 valence electrons. The minimum Gasteiger partial charge on any atom is -0.493 e. The van der Waals surface area contributed by atoms with Crippen molar-refractivity contribution in [3.63, 3.8) is 0 Å². The first-order valence-corrected chi connectivity index (χ1v) is 11.0. The van der Waals surface area contributed by atoms with Gasteiger partial charge in [-0.2, -0.15) is 0 Å². The standard InChI is InChI=1S/C26H21Cl2NO4/c1-31-25-14-20-23(15-26(25)32-2)29-10-9-24(20)33-19-6-3-16(4-7-19)11-18(30)12-17-5-8-21(27)22(28)13-17/h3-10,13-15H,11-12H2,1-2H3. The lowest BCUT2D eigenvalue weighted by Crippen LogP contribution is -2.06. The maximum atomic E-state index is 12.5. The lowest BCUT2D eigenvalue weighted by Gasteiger charge is -2.12. The quantitative estimate of drug-likeness (QED) is 0.280. The number of rotatable bonds is 8. The zero-order valence-electron chi connectivity index (χ0n) is 18.1. The fourth-order valence-electron chi connectivity index (χ4n) is 3.51. The van der Waals surface area contributed by atoms with Crippen LogP contribution in [0.5, 0.6) is 23.0 Å². The third-order valence-corrected chi connectivity index (χ3v) is 5.88. The number of methoxy groups -OCH3 is 2. The lowest BCUT2D eigenvalue weighted by molar-refractivity contribution is -0.117. The summed E-state index contributed by atoms with van der Waals surface area (Å²) in [6.07, 6.45) is 2.29. The molecule has 0 saturated heterocycles. The Kier molecular flexibility index (Phi) is 7.02. The van der Waals surface area contributed by atoms with E-state index < -0.39 is 0 Å². The first-order chi connectivity index (χ1) is 16.0. The molecule has 3 aromatic carbocycles. The van der Waals surface area contributed by atoms with Crippen LogP contribution < -0.4 is 14.2 Å². The second-order valence-corrected chi connectivity index (χ2v) is 8.23. The van der Waals surface area contributed by atoms with Crippen LogP contribution in [0.1, 0.15) is 11.1 Å². The second-order valence-electron chi connectivity index (χ2n) is 7.42. The number of nitrogens with zero attached hydrogens (tertiary/aromatic N) is 1. The van der Waals surface area contributed by atoms with Gasteiger partial charge in [0.15, 0.2) is 11.5 Å². The molecule has 0 spiro atoms. The van der Waals surface area contributed by atoms with Gasteiger partial charge in [0.2, 0.25) is 0 Å². The van der Waals surface area contributed by atoms with Crippen LogP contribution in [0.4, 0.5) is 0 Å². The van der Waals surface area contributed by atoms with Gasteiger partial charge >= 0.3 is 0 Å². The monoisotopic (exact) mass is 481 g/mol. The summed E-state index contributed by atoms with van der Waals surface area (Å²) in [5, 5.41) is 1.72. The van der Waals surface area contributed by atoms with Gasteiger partial charge in [-0.1, -0.05) is 41.4 Å². The largest absolute Gasteiger partial charge is 0.493 e. The Balaban J connectivity index is 1.47. The van der Waals surface area contributed by atoms with Crippen molar-refractivity contribution < 1.29 is 19.0 Å². The highest BCUT2D eigenvalue weighted by molar-refractivity contribution is 6.42. The maximum absolute atomic E-state index is 12.5. The predicted molar refractivity (Wildman–Crippen MR) is 130 cm³/mol. The normalized spacial score (nSPS) is 10.8. The molecule has 0 N–H and O–H groups in total. The van der Waals surface area contributed by atoms with Gasteiger partial charge in [-0.25, -0.2) is 0 Å². The van der Waals surface area contributed by atoms with Gasteiger partial charge in [-0.3, -0.25) is 9.78 Å². The molecule has 0 saturated carbocycles. The summed E-state index contributed by atoms with van der Waals surface area (Å²) >= 11 is 12.0. The molecule has 0 aliphatic rings. The minimum absolute atomic E-state index is 0.0863. The number of aromatic nitrogens is 1. The first kappa shape index (κ1) is 22.9. The highest BCUT2D eigenvalue weighted by atomic mass is 35.5. The molecule has 0 aliphatic heterocycles. The molecule has 0 bridgehead atoms. The van der Waals surface area contributed by atoms with Crippen LogP contribution in [-0.4, -0.2) is 25.0 Å². The number of fused-ring (bicyclic) bond motifs is 1. The van der Waals surface area contributed by atoms with Crippen molar-refractivity contribution >= 4 is 39.9 Å². The SMILES string of the molecule is COc1cc2nccc(Oc3ccc(CC(=O)Cc4ccc(Cl)c(Cl)c4)cc3)c2cc1OC. The number of Topliss-reactive ketones (excluding diaryl/α,β-unsaturated/α-hetero) is 1. The van der Waals surface area contributed by atoms with Crippen LogP contribution in [0.3, 0.4) is 0 Å². The van der Waals surface area contributed by atoms with E-state index >= 15 is 0 Å². The summed E-state index contributed by atoms with van der Waals surface area (Å²) in [7, 11) is 3.17. The number of pyridine rings is 1. The van der Waals surface area contributed by atoms with Crippen LogP contribution in [0.15, 0.2) is 66.9 Å². The molecule has 0 amide bonds. The van der Waals surface area contributed by atoms with Gasteiger partial charge in [0, 0.05) is 30.5 Å². The summed E-state index contributed by atoms with van der Waals surface area (Å²) in [6.45, 7) is 0. The van der Waals surface area contributed by atoms with Crippen LogP contribution in [0, 0.1) is 0 Å². The Morgan fingerprint density at radius 3 is 2.15 bits per heavy atom. The number of ketones is 1. The number of hydrogen-bond donors (Lipinski definition) is 0. The molecule has 0 atom stereocenters. The van der Waals surface area contributed by atoms with Crippen molar-refractivity contribution in [1.29, 1.82) is 0 Å². The molecule has 5 nitrogen and oxygen atoms in total. The molecule has 1 heterocycles. The van der Waals surface area contributed by atoms with Crippen molar-refractivity contribution in [3.05, 3.63) is 88.0 Å². The number of benzene rings is 3. The molecule has 0 aliphatic carbocycles. The highest BCUT2D eigenvalue weighted by Crippen LogP contribution is 2.36. The summed E-state index contributed by atoms with van der Waals surface area (Å²) in [5.74, 6) is 2.58. The van der Waals surface area contributed by atoms with Crippen molar-refractivity contribution in [2.45, 2.75) is 12.8 Å². The summed E-state index contributed by atoms with van der Waals surface area (Å²) < 4.78 is 16.8. The van der Waals surface area contributed by atoms with E-state index in [-0.39, 0.29) is 5.78 Å². The first-order valence-electron chi connectivity index (χ1n) is 10.2. The van der Waals surface area contributed by atoms with E-state index in [9.17, 15) is 4.79 Å². The van der Waals surface area contributed by atoms with E-state index in [0.717, 1.165) is 22.0 Å². The summed E-state index contributed by atoms with van der Waals surface area (Å²) in [5.41, 5.74) is 2.47. The van der Waals surface area contributed by atoms with Gasteiger partial charge < -0.3 is 14.2 Å². The fourth-order valence-corrected chi connectivity index (χ4v) is 3.83. The molecule has 0 radical (unpaired) electrons. The molecule has 1 aromatic heterocycles. The lowest BCUT2D eigenvalue weighted by atomic mass is 10.0. The third kappa shape index (κ3) is 5.38. The Bertz CT molecular complexity index is 1310. The van der Waals surface area contributed by atoms with Crippen LogP contribution in [-0.2, 0) is 17.6 Å². The average molecular weight is 482 g/mol. The molecular formula is C26H21Cl2NO4. The van der Waals surface area contributed by atoms with Gasteiger partial charge in [0.05, 0.1) is 29.8 Å². The number of halogens is 2. The van der Waals surface area contributed by atoms with E-state index in [1.807, 2.05) is 42.5 Å². The van der Waals surface area contributed by atoms with E-state index in [2.05, 4.69) is 4.98 Å². The minimum atomic E-state index is 0.0863.